The lowest BCUT2D eigenvalue weighted by Crippen LogP contribution is -2.26. The van der Waals surface area contributed by atoms with Crippen LogP contribution in [0.1, 0.15) is 29.1 Å². The molecule has 0 saturated carbocycles. The highest BCUT2D eigenvalue weighted by Crippen LogP contribution is 2.27. The maximum Gasteiger partial charge on any atom is 0.284 e. The second kappa shape index (κ2) is 6.45. The van der Waals surface area contributed by atoms with Crippen LogP contribution in [-0.2, 0) is 0 Å². The van der Waals surface area contributed by atoms with Gasteiger partial charge in [-0.2, -0.15) is 0 Å². The molecule has 6 nitrogen and oxygen atoms in total. The Hall–Kier alpha value is -2.67. The first-order chi connectivity index (χ1) is 11.5. The van der Waals surface area contributed by atoms with Gasteiger partial charge in [0.2, 0.25) is 0 Å². The first-order valence-corrected chi connectivity index (χ1v) is 7.98. The Morgan fingerprint density at radius 2 is 2.00 bits per heavy atom. The second-order valence-corrected chi connectivity index (χ2v) is 6.16. The standard InChI is InChI=1S/C17H13BrN2O4/c1-10(16-9-11-4-2-3-5-15(11)24-16)19-17(21)12-6-7-13(18)14(8-12)20(22)23/h2-10H,1H3,(H,19,21)/t10-/m1/s1. The molecule has 1 N–H and O–H groups in total. The van der Waals surface area contributed by atoms with Gasteiger partial charge in [0.05, 0.1) is 15.4 Å². The van der Waals surface area contributed by atoms with E-state index in [0.717, 1.165) is 11.0 Å². The molecular formula is C17H13BrN2O4. The van der Waals surface area contributed by atoms with Crippen LogP contribution in [0.4, 0.5) is 5.69 Å². The van der Waals surface area contributed by atoms with E-state index >= 15 is 0 Å². The van der Waals surface area contributed by atoms with Gasteiger partial charge in [0, 0.05) is 17.0 Å². The Balaban J connectivity index is 1.81. The molecular weight excluding hydrogens is 376 g/mol. The molecule has 1 heterocycles. The first kappa shape index (κ1) is 16.2. The minimum absolute atomic E-state index is 0.154. The molecule has 3 rings (SSSR count). The Labute approximate surface area is 145 Å². The quantitative estimate of drug-likeness (QED) is 0.522. The fourth-order valence-electron chi connectivity index (χ4n) is 2.36. The Bertz CT molecular complexity index is 902. The SMILES string of the molecule is C[C@@H](NC(=O)c1ccc(Br)c([N+](=O)[O-])c1)c1cc2ccccc2o1. The van der Waals surface area contributed by atoms with E-state index < -0.39 is 10.8 Å². The van der Waals surface area contributed by atoms with Gasteiger partial charge in [0.1, 0.15) is 11.3 Å². The Kier molecular flexibility index (Phi) is 4.35. The number of amides is 1. The molecule has 0 aliphatic heterocycles. The van der Waals surface area contributed by atoms with E-state index in [2.05, 4.69) is 21.2 Å². The topological polar surface area (TPSA) is 85.4 Å². The average Bonchev–Trinajstić information content (AvgIpc) is 2.99. The van der Waals surface area contributed by atoms with Gasteiger partial charge in [0.25, 0.3) is 11.6 Å². The summed E-state index contributed by atoms with van der Waals surface area (Å²) in [5.74, 6) is 0.217. The van der Waals surface area contributed by atoms with Crippen molar-refractivity contribution in [1.82, 2.24) is 5.32 Å². The summed E-state index contributed by atoms with van der Waals surface area (Å²) in [6.45, 7) is 1.79. The molecule has 0 fully saturated rings. The van der Waals surface area contributed by atoms with Crippen LogP contribution in [0.3, 0.4) is 0 Å². The van der Waals surface area contributed by atoms with E-state index in [0.29, 0.717) is 10.2 Å². The van der Waals surface area contributed by atoms with E-state index in [-0.39, 0.29) is 17.3 Å². The maximum absolute atomic E-state index is 12.3. The number of furan rings is 1. The van der Waals surface area contributed by atoms with Crippen molar-refractivity contribution >= 4 is 38.5 Å². The monoisotopic (exact) mass is 388 g/mol. The zero-order valence-corrected chi connectivity index (χ0v) is 14.2. The molecule has 2 aromatic carbocycles. The molecule has 1 amide bonds. The van der Waals surface area contributed by atoms with E-state index in [1.54, 1.807) is 6.92 Å². The van der Waals surface area contributed by atoms with Crippen LogP contribution in [-0.4, -0.2) is 10.8 Å². The second-order valence-electron chi connectivity index (χ2n) is 5.31. The predicted octanol–water partition coefficient (Wildman–Crippen LogP) is 4.59. The zero-order valence-electron chi connectivity index (χ0n) is 12.7. The third-order valence-electron chi connectivity index (χ3n) is 3.62. The summed E-state index contributed by atoms with van der Waals surface area (Å²) < 4.78 is 6.05. The van der Waals surface area contributed by atoms with Crippen LogP contribution in [0.2, 0.25) is 0 Å². The number of hydrogen-bond acceptors (Lipinski definition) is 4. The van der Waals surface area contributed by atoms with Crippen molar-refractivity contribution in [1.29, 1.82) is 0 Å². The van der Waals surface area contributed by atoms with Crippen molar-refractivity contribution in [3.63, 3.8) is 0 Å². The van der Waals surface area contributed by atoms with Crippen LogP contribution in [0.25, 0.3) is 11.0 Å². The summed E-state index contributed by atoms with van der Waals surface area (Å²) in [6.07, 6.45) is 0. The highest BCUT2D eigenvalue weighted by Gasteiger charge is 2.19. The predicted molar refractivity (Wildman–Crippen MR) is 92.9 cm³/mol. The van der Waals surface area contributed by atoms with Crippen molar-refractivity contribution < 1.29 is 14.1 Å². The number of benzene rings is 2. The van der Waals surface area contributed by atoms with E-state index in [1.807, 2.05) is 30.3 Å². The maximum atomic E-state index is 12.3. The lowest BCUT2D eigenvalue weighted by Gasteiger charge is -2.11. The summed E-state index contributed by atoms with van der Waals surface area (Å²) in [5, 5.41) is 14.7. The normalized spacial score (nSPS) is 12.1. The average molecular weight is 389 g/mol. The molecule has 24 heavy (non-hydrogen) atoms. The Morgan fingerprint density at radius 1 is 1.25 bits per heavy atom. The molecule has 0 radical (unpaired) electrons. The number of rotatable bonds is 4. The van der Waals surface area contributed by atoms with Crippen LogP contribution in [0.15, 0.2) is 57.4 Å². The fourth-order valence-corrected chi connectivity index (χ4v) is 2.75. The van der Waals surface area contributed by atoms with Crippen LogP contribution < -0.4 is 5.32 Å². The number of halogens is 1. The molecule has 3 aromatic rings. The zero-order chi connectivity index (χ0) is 17.3. The van der Waals surface area contributed by atoms with E-state index in [1.165, 1.54) is 18.2 Å². The first-order valence-electron chi connectivity index (χ1n) is 7.19. The smallest absolute Gasteiger partial charge is 0.284 e. The van der Waals surface area contributed by atoms with Crippen LogP contribution >= 0.6 is 15.9 Å². The number of nitro groups is 1. The molecule has 0 spiro atoms. The van der Waals surface area contributed by atoms with Gasteiger partial charge in [-0.15, -0.1) is 0 Å². The van der Waals surface area contributed by atoms with E-state index in [4.69, 9.17) is 4.42 Å². The third kappa shape index (κ3) is 3.16. The molecule has 7 heteroatoms. The van der Waals surface area contributed by atoms with Gasteiger partial charge >= 0.3 is 0 Å². The van der Waals surface area contributed by atoms with Gasteiger partial charge in [0.15, 0.2) is 0 Å². The van der Waals surface area contributed by atoms with Crippen molar-refractivity contribution in [2.45, 2.75) is 13.0 Å². The number of nitrogens with zero attached hydrogens (tertiary/aromatic N) is 1. The number of carbonyl (C=O) groups excluding carboxylic acids is 1. The van der Waals surface area contributed by atoms with Gasteiger partial charge in [-0.1, -0.05) is 18.2 Å². The third-order valence-corrected chi connectivity index (χ3v) is 4.29. The highest BCUT2D eigenvalue weighted by atomic mass is 79.9. The van der Waals surface area contributed by atoms with Crippen molar-refractivity contribution in [3.05, 3.63) is 74.4 Å². The number of fused-ring (bicyclic) bond motifs is 1. The summed E-state index contributed by atoms with van der Waals surface area (Å²) in [4.78, 5) is 22.8. The molecule has 0 aliphatic rings. The molecule has 0 unspecified atom stereocenters. The lowest BCUT2D eigenvalue weighted by atomic mass is 10.1. The number of hydrogen-bond donors (Lipinski definition) is 1. The van der Waals surface area contributed by atoms with Crippen LogP contribution in [0.5, 0.6) is 0 Å². The van der Waals surface area contributed by atoms with Gasteiger partial charge < -0.3 is 9.73 Å². The number of para-hydroxylation sites is 1. The lowest BCUT2D eigenvalue weighted by molar-refractivity contribution is -0.385. The Morgan fingerprint density at radius 3 is 2.71 bits per heavy atom. The summed E-state index contributed by atoms with van der Waals surface area (Å²) in [6, 6.07) is 13.3. The minimum atomic E-state index is -0.538. The minimum Gasteiger partial charge on any atom is -0.459 e. The van der Waals surface area contributed by atoms with Crippen molar-refractivity contribution in [3.8, 4) is 0 Å². The molecule has 0 saturated heterocycles. The summed E-state index contributed by atoms with van der Waals surface area (Å²) in [5.41, 5.74) is 0.805. The van der Waals surface area contributed by atoms with Gasteiger partial charge in [-0.3, -0.25) is 14.9 Å². The molecule has 0 aliphatic carbocycles. The van der Waals surface area contributed by atoms with Crippen molar-refractivity contribution in [2.75, 3.05) is 0 Å². The largest absolute Gasteiger partial charge is 0.459 e. The number of carbonyl (C=O) groups is 1. The molecule has 1 atom stereocenters. The summed E-state index contributed by atoms with van der Waals surface area (Å²) in [7, 11) is 0. The van der Waals surface area contributed by atoms with E-state index in [9.17, 15) is 14.9 Å². The van der Waals surface area contributed by atoms with Gasteiger partial charge in [-0.25, -0.2) is 0 Å². The number of nitro benzene ring substituents is 1. The number of nitrogens with one attached hydrogen (secondary N) is 1. The highest BCUT2D eigenvalue weighted by molar-refractivity contribution is 9.10. The molecule has 122 valence electrons. The van der Waals surface area contributed by atoms with Gasteiger partial charge in [-0.05, 0) is 47.1 Å². The summed E-state index contributed by atoms with van der Waals surface area (Å²) >= 11 is 3.10. The van der Waals surface area contributed by atoms with Crippen LogP contribution in [0, 0.1) is 10.1 Å². The fraction of sp³-hybridized carbons (Fsp3) is 0.118. The van der Waals surface area contributed by atoms with Crippen molar-refractivity contribution in [2.24, 2.45) is 0 Å². The molecule has 1 aromatic heterocycles. The molecule has 0 bridgehead atoms.